The second-order valence-corrected chi connectivity index (χ2v) is 8.88. The highest BCUT2D eigenvalue weighted by Gasteiger charge is 2.36. The Balaban J connectivity index is 1.57. The lowest BCUT2D eigenvalue weighted by Crippen LogP contribution is -2.44. The van der Waals surface area contributed by atoms with E-state index < -0.39 is 17.2 Å². The molecule has 0 spiro atoms. The van der Waals surface area contributed by atoms with Crippen molar-refractivity contribution in [2.75, 3.05) is 11.4 Å². The first-order valence-corrected chi connectivity index (χ1v) is 11.3. The number of nitrogens with one attached hydrogen (secondary N) is 1. The van der Waals surface area contributed by atoms with Gasteiger partial charge < -0.3 is 15.0 Å². The average molecular weight is 494 g/mol. The van der Waals surface area contributed by atoms with E-state index in [2.05, 4.69) is 15.1 Å². The van der Waals surface area contributed by atoms with Gasteiger partial charge in [0.05, 0.1) is 13.1 Å². The molecule has 0 saturated carbocycles. The highest BCUT2D eigenvalue weighted by Crippen LogP contribution is 2.32. The SMILES string of the molecule is OC(CN(Cc1c[nH]c2ccc(Cl)cc12)c1ccccc1)(Cn1cncn1)c1ccc(F)cc1F. The van der Waals surface area contributed by atoms with Crippen molar-refractivity contribution in [2.45, 2.75) is 18.7 Å². The molecule has 0 aliphatic carbocycles. The second-order valence-electron chi connectivity index (χ2n) is 8.44. The van der Waals surface area contributed by atoms with Crippen LogP contribution in [0, 0.1) is 11.6 Å². The molecule has 2 heterocycles. The molecule has 5 rings (SSSR count). The molecular weight excluding hydrogens is 472 g/mol. The van der Waals surface area contributed by atoms with E-state index in [-0.39, 0.29) is 18.7 Å². The number of hydrogen-bond donors (Lipinski definition) is 2. The summed E-state index contributed by atoms with van der Waals surface area (Å²) in [5.74, 6) is -1.55. The third kappa shape index (κ3) is 4.89. The van der Waals surface area contributed by atoms with Gasteiger partial charge in [-0.1, -0.05) is 35.9 Å². The smallest absolute Gasteiger partial charge is 0.137 e. The minimum Gasteiger partial charge on any atom is -0.381 e. The van der Waals surface area contributed by atoms with E-state index >= 15 is 0 Å². The molecule has 0 bridgehead atoms. The lowest BCUT2D eigenvalue weighted by atomic mass is 9.91. The van der Waals surface area contributed by atoms with E-state index in [4.69, 9.17) is 11.6 Å². The second kappa shape index (κ2) is 9.48. The fourth-order valence-corrected chi connectivity index (χ4v) is 4.52. The van der Waals surface area contributed by atoms with Gasteiger partial charge in [0.25, 0.3) is 0 Å². The number of nitrogens with zero attached hydrogens (tertiary/aromatic N) is 4. The summed E-state index contributed by atoms with van der Waals surface area (Å²) in [6, 6.07) is 18.3. The molecule has 0 fully saturated rings. The van der Waals surface area contributed by atoms with Crippen LogP contribution in [0.15, 0.2) is 85.6 Å². The zero-order valence-electron chi connectivity index (χ0n) is 18.6. The molecule has 9 heteroatoms. The fraction of sp³-hybridized carbons (Fsp3) is 0.154. The minimum absolute atomic E-state index is 0.00728. The van der Waals surface area contributed by atoms with E-state index in [1.165, 1.54) is 23.4 Å². The van der Waals surface area contributed by atoms with Crippen molar-refractivity contribution in [3.63, 3.8) is 0 Å². The quantitative estimate of drug-likeness (QED) is 0.308. The Bertz CT molecular complexity index is 1440. The largest absolute Gasteiger partial charge is 0.381 e. The van der Waals surface area contributed by atoms with Crippen molar-refractivity contribution >= 4 is 28.2 Å². The highest BCUT2D eigenvalue weighted by molar-refractivity contribution is 6.31. The lowest BCUT2D eigenvalue weighted by molar-refractivity contribution is 0.0182. The van der Waals surface area contributed by atoms with Crippen molar-refractivity contribution in [2.24, 2.45) is 0 Å². The number of fused-ring (bicyclic) bond motifs is 1. The van der Waals surface area contributed by atoms with Crippen LogP contribution in [0.4, 0.5) is 14.5 Å². The minimum atomic E-state index is -1.76. The molecule has 2 N–H and O–H groups in total. The van der Waals surface area contributed by atoms with Gasteiger partial charge >= 0.3 is 0 Å². The molecule has 35 heavy (non-hydrogen) atoms. The van der Waals surface area contributed by atoms with Crippen LogP contribution >= 0.6 is 11.6 Å². The highest BCUT2D eigenvalue weighted by atomic mass is 35.5. The van der Waals surface area contributed by atoms with Gasteiger partial charge in [0.15, 0.2) is 0 Å². The first-order valence-electron chi connectivity index (χ1n) is 11.0. The molecule has 1 unspecified atom stereocenters. The molecule has 0 saturated heterocycles. The Morgan fingerprint density at radius 1 is 1.06 bits per heavy atom. The molecule has 5 aromatic rings. The monoisotopic (exact) mass is 493 g/mol. The van der Waals surface area contributed by atoms with Crippen molar-refractivity contribution in [1.82, 2.24) is 19.7 Å². The Hall–Kier alpha value is -3.75. The third-order valence-electron chi connectivity index (χ3n) is 5.99. The van der Waals surface area contributed by atoms with Crippen LogP contribution in [0.25, 0.3) is 10.9 Å². The lowest BCUT2D eigenvalue weighted by Gasteiger charge is -2.36. The Kier molecular flexibility index (Phi) is 6.23. The summed E-state index contributed by atoms with van der Waals surface area (Å²) in [6.45, 7) is 0.304. The maximum Gasteiger partial charge on any atom is 0.137 e. The van der Waals surface area contributed by atoms with Crippen LogP contribution in [-0.4, -0.2) is 31.4 Å². The number of H-pyrrole nitrogens is 1. The number of halogens is 3. The predicted octanol–water partition coefficient (Wildman–Crippen LogP) is 5.29. The van der Waals surface area contributed by atoms with Gasteiger partial charge in [-0.15, -0.1) is 0 Å². The number of rotatable bonds is 8. The maximum absolute atomic E-state index is 15.0. The summed E-state index contributed by atoms with van der Waals surface area (Å²) < 4.78 is 30.1. The van der Waals surface area contributed by atoms with Gasteiger partial charge in [-0.2, -0.15) is 5.10 Å². The van der Waals surface area contributed by atoms with Crippen molar-refractivity contribution in [3.05, 3.63) is 113 Å². The topological polar surface area (TPSA) is 70.0 Å². The van der Waals surface area contributed by atoms with E-state index in [0.717, 1.165) is 34.3 Å². The molecule has 178 valence electrons. The van der Waals surface area contributed by atoms with E-state index in [9.17, 15) is 13.9 Å². The summed E-state index contributed by atoms with van der Waals surface area (Å²) >= 11 is 6.24. The summed E-state index contributed by atoms with van der Waals surface area (Å²) in [4.78, 5) is 9.13. The molecular formula is C26H22ClF2N5O. The van der Waals surface area contributed by atoms with Crippen LogP contribution in [-0.2, 0) is 18.7 Å². The normalized spacial score (nSPS) is 13.1. The van der Waals surface area contributed by atoms with Crippen molar-refractivity contribution < 1.29 is 13.9 Å². The van der Waals surface area contributed by atoms with Gasteiger partial charge in [-0.05, 0) is 42.0 Å². The van der Waals surface area contributed by atoms with Crippen LogP contribution in [0.2, 0.25) is 5.02 Å². The summed E-state index contributed by atoms with van der Waals surface area (Å²) in [6.07, 6.45) is 4.68. The van der Waals surface area contributed by atoms with Gasteiger partial charge in [0, 0.05) is 46.0 Å². The van der Waals surface area contributed by atoms with Crippen molar-refractivity contribution in [1.29, 1.82) is 0 Å². The number of para-hydroxylation sites is 1. The van der Waals surface area contributed by atoms with Gasteiger partial charge in [0.1, 0.15) is 29.9 Å². The maximum atomic E-state index is 15.0. The molecule has 3 aromatic carbocycles. The summed E-state index contributed by atoms with van der Waals surface area (Å²) in [7, 11) is 0. The number of anilines is 1. The number of benzene rings is 3. The number of aromatic nitrogens is 4. The molecule has 0 radical (unpaired) electrons. The predicted molar refractivity (Wildman–Crippen MR) is 131 cm³/mol. The zero-order chi connectivity index (χ0) is 24.4. The fourth-order valence-electron chi connectivity index (χ4n) is 4.35. The standard InChI is InChI=1S/C26H22ClF2N5O/c27-19-6-9-25-22(10-19)18(12-31-25)13-33(21-4-2-1-3-5-21)14-26(35,15-34-17-30-16-32-34)23-8-7-20(28)11-24(23)29/h1-12,16-17,31,35H,13-15H2. The Morgan fingerprint density at radius 3 is 2.63 bits per heavy atom. The molecule has 0 aliphatic rings. The molecule has 1 atom stereocenters. The third-order valence-corrected chi connectivity index (χ3v) is 6.22. The number of hydrogen-bond acceptors (Lipinski definition) is 4. The molecule has 0 aliphatic heterocycles. The average Bonchev–Trinajstić information content (AvgIpc) is 3.49. The Labute approximate surface area is 205 Å². The molecule has 0 amide bonds. The van der Waals surface area contributed by atoms with E-state index in [0.29, 0.717) is 11.6 Å². The van der Waals surface area contributed by atoms with E-state index in [1.807, 2.05) is 59.6 Å². The van der Waals surface area contributed by atoms with Crippen LogP contribution in [0.5, 0.6) is 0 Å². The van der Waals surface area contributed by atoms with Gasteiger partial charge in [-0.3, -0.25) is 0 Å². The molecule has 6 nitrogen and oxygen atoms in total. The summed E-state index contributed by atoms with van der Waals surface area (Å²) in [5, 5.41) is 17.6. The first kappa shape index (κ1) is 23.0. The van der Waals surface area contributed by atoms with Crippen LogP contribution in [0.3, 0.4) is 0 Å². The molecule has 2 aromatic heterocycles. The number of aliphatic hydroxyl groups is 1. The van der Waals surface area contributed by atoms with Crippen LogP contribution < -0.4 is 4.90 Å². The van der Waals surface area contributed by atoms with Crippen molar-refractivity contribution in [3.8, 4) is 0 Å². The van der Waals surface area contributed by atoms with Gasteiger partial charge in [0.2, 0.25) is 0 Å². The first-order chi connectivity index (χ1) is 16.9. The van der Waals surface area contributed by atoms with Gasteiger partial charge in [-0.25, -0.2) is 18.4 Å². The van der Waals surface area contributed by atoms with Crippen LogP contribution in [0.1, 0.15) is 11.1 Å². The Morgan fingerprint density at radius 2 is 1.89 bits per heavy atom. The number of aromatic amines is 1. The summed E-state index contributed by atoms with van der Waals surface area (Å²) in [5.41, 5.74) is 0.917. The van der Waals surface area contributed by atoms with E-state index in [1.54, 1.807) is 0 Å². The zero-order valence-corrected chi connectivity index (χ0v) is 19.3.